The van der Waals surface area contributed by atoms with Crippen molar-refractivity contribution in [3.05, 3.63) is 60.8 Å². The van der Waals surface area contributed by atoms with Crippen molar-refractivity contribution in [2.45, 2.75) is 36.9 Å². The van der Waals surface area contributed by atoms with Crippen molar-refractivity contribution in [3.8, 4) is 17.0 Å². The third-order valence-electron chi connectivity index (χ3n) is 6.87. The van der Waals surface area contributed by atoms with Crippen LogP contribution < -0.4 is 15.4 Å². The van der Waals surface area contributed by atoms with Crippen LogP contribution in [0.4, 0.5) is 20.2 Å². The Kier molecular flexibility index (Phi) is 6.69. The zero-order valence-electron chi connectivity index (χ0n) is 21.1. The molecule has 5 heterocycles. The fraction of sp³-hybridized carbons (Fsp3) is 0.308. The molecule has 1 atom stereocenters. The lowest BCUT2D eigenvalue weighted by Crippen LogP contribution is -2.29. The highest BCUT2D eigenvalue weighted by Gasteiger charge is 2.27. The summed E-state index contributed by atoms with van der Waals surface area (Å²) in [5.74, 6) is 0.141. The first kappa shape index (κ1) is 25.3. The molecule has 2 aliphatic heterocycles. The first-order valence-corrected chi connectivity index (χ1v) is 13.4. The maximum Gasteiger partial charge on any atom is 0.387 e. The van der Waals surface area contributed by atoms with Crippen molar-refractivity contribution in [1.82, 2.24) is 29.3 Å². The average Bonchev–Trinajstić information content (AvgIpc) is 3.62. The molecule has 0 saturated carbocycles. The lowest BCUT2D eigenvalue weighted by atomic mass is 10.1. The molecule has 6 rings (SSSR count). The first-order valence-electron chi connectivity index (χ1n) is 12.4. The van der Waals surface area contributed by atoms with Crippen LogP contribution in [-0.4, -0.2) is 67.2 Å². The van der Waals surface area contributed by atoms with Gasteiger partial charge in [0.25, 0.3) is 5.91 Å². The Morgan fingerprint density at radius 1 is 1.38 bits per heavy atom. The van der Waals surface area contributed by atoms with E-state index in [1.54, 1.807) is 35.4 Å². The number of likely N-dealkylation sites (N-methyl/N-ethyl adjacent to an activating group) is 1. The summed E-state index contributed by atoms with van der Waals surface area (Å²) in [6.45, 7) is 2.48. The molecule has 0 spiro atoms. The number of alkyl halides is 2. The van der Waals surface area contributed by atoms with E-state index in [0.717, 1.165) is 30.0 Å². The first-order chi connectivity index (χ1) is 18.9. The molecule has 1 saturated heterocycles. The van der Waals surface area contributed by atoms with E-state index in [-0.39, 0.29) is 17.4 Å². The third kappa shape index (κ3) is 5.06. The summed E-state index contributed by atoms with van der Waals surface area (Å²) >= 11 is 1.53. The molecule has 1 fully saturated rings. The van der Waals surface area contributed by atoms with Crippen LogP contribution in [0, 0.1) is 0 Å². The van der Waals surface area contributed by atoms with Gasteiger partial charge in [0.05, 0.1) is 24.1 Å². The van der Waals surface area contributed by atoms with Crippen molar-refractivity contribution < 1.29 is 18.3 Å². The molecular weight excluding hydrogens is 526 g/mol. The molecule has 202 valence electrons. The molecule has 13 heteroatoms. The van der Waals surface area contributed by atoms with Gasteiger partial charge in [0.2, 0.25) is 0 Å². The van der Waals surface area contributed by atoms with E-state index in [4.69, 9.17) is 9.84 Å². The maximum atomic E-state index is 13.5. The number of hydrogen-bond donors (Lipinski definition) is 2. The van der Waals surface area contributed by atoms with Gasteiger partial charge < -0.3 is 20.3 Å². The Morgan fingerprint density at radius 3 is 3.05 bits per heavy atom. The van der Waals surface area contributed by atoms with Crippen molar-refractivity contribution >= 4 is 34.7 Å². The number of carbonyl (C=O) groups is 1. The van der Waals surface area contributed by atoms with Crippen molar-refractivity contribution in [2.75, 3.05) is 30.0 Å². The standard InChI is InChI=1S/C26H26F2N8O2S/c1-15-14-39-22-9-17(21(38-26(27)28)10-19(22)31-15)23-20(13-35(33-23)12-16-5-3-7-34(16)2)32-25(37)18-11-30-36-8-4-6-29-24(18)36/h4,6,8-11,13,16,26,31H,1,3,5,7,12,14H2,2H3,(H,32,37)/t16-/m1/s1. The van der Waals surface area contributed by atoms with E-state index in [1.165, 1.54) is 28.5 Å². The fourth-order valence-electron chi connectivity index (χ4n) is 4.96. The van der Waals surface area contributed by atoms with E-state index in [2.05, 4.69) is 39.2 Å². The third-order valence-corrected chi connectivity index (χ3v) is 8.01. The number of ether oxygens (including phenoxy) is 1. The predicted octanol–water partition coefficient (Wildman–Crippen LogP) is 4.57. The van der Waals surface area contributed by atoms with E-state index in [0.29, 0.717) is 40.6 Å². The zero-order valence-corrected chi connectivity index (χ0v) is 21.9. The number of carbonyl (C=O) groups excluding carboxylic acids is 1. The molecule has 4 aromatic rings. The monoisotopic (exact) mass is 552 g/mol. The second-order valence-electron chi connectivity index (χ2n) is 9.53. The summed E-state index contributed by atoms with van der Waals surface area (Å²) in [6.07, 6.45) is 8.56. The number of hydrogen-bond acceptors (Lipinski definition) is 8. The van der Waals surface area contributed by atoms with Crippen LogP contribution in [0.3, 0.4) is 0 Å². The smallest absolute Gasteiger partial charge is 0.387 e. The van der Waals surface area contributed by atoms with Crippen LogP contribution in [0.25, 0.3) is 16.9 Å². The van der Waals surface area contributed by atoms with Crippen LogP contribution >= 0.6 is 11.8 Å². The van der Waals surface area contributed by atoms with E-state index >= 15 is 0 Å². The number of fused-ring (bicyclic) bond motifs is 2. The summed E-state index contributed by atoms with van der Waals surface area (Å²) < 4.78 is 35.2. The van der Waals surface area contributed by atoms with Crippen molar-refractivity contribution in [3.63, 3.8) is 0 Å². The summed E-state index contributed by atoms with van der Waals surface area (Å²) in [6, 6.07) is 5.28. The Labute approximate surface area is 227 Å². The largest absolute Gasteiger partial charge is 0.434 e. The van der Waals surface area contributed by atoms with Crippen LogP contribution in [0.15, 0.2) is 60.2 Å². The normalized spacial score (nSPS) is 17.4. The van der Waals surface area contributed by atoms with Crippen LogP contribution in [-0.2, 0) is 6.54 Å². The molecule has 0 aliphatic carbocycles. The Bertz CT molecular complexity index is 1570. The highest BCUT2D eigenvalue weighted by molar-refractivity contribution is 7.99. The van der Waals surface area contributed by atoms with Crippen molar-refractivity contribution in [1.29, 1.82) is 0 Å². The molecule has 10 nitrogen and oxygen atoms in total. The van der Waals surface area contributed by atoms with Gasteiger partial charge in [0.15, 0.2) is 5.65 Å². The molecule has 2 aliphatic rings. The Balaban J connectivity index is 1.42. The van der Waals surface area contributed by atoms with Gasteiger partial charge in [-0.1, -0.05) is 6.58 Å². The molecule has 39 heavy (non-hydrogen) atoms. The van der Waals surface area contributed by atoms with Crippen LogP contribution in [0.1, 0.15) is 23.2 Å². The predicted molar refractivity (Wildman–Crippen MR) is 144 cm³/mol. The van der Waals surface area contributed by atoms with Gasteiger partial charge in [-0.3, -0.25) is 9.48 Å². The van der Waals surface area contributed by atoms with Gasteiger partial charge in [-0.25, -0.2) is 9.50 Å². The number of nitrogens with one attached hydrogen (secondary N) is 2. The van der Waals surface area contributed by atoms with Gasteiger partial charge in [0.1, 0.15) is 17.0 Å². The van der Waals surface area contributed by atoms with Crippen LogP contribution in [0.5, 0.6) is 5.75 Å². The number of amides is 1. The highest BCUT2D eigenvalue weighted by atomic mass is 32.2. The minimum absolute atomic E-state index is 0.0528. The minimum Gasteiger partial charge on any atom is -0.434 e. The van der Waals surface area contributed by atoms with Gasteiger partial charge >= 0.3 is 6.61 Å². The van der Waals surface area contributed by atoms with E-state index in [9.17, 15) is 13.6 Å². The number of nitrogens with zero attached hydrogens (tertiary/aromatic N) is 6. The topological polar surface area (TPSA) is 102 Å². The maximum absolute atomic E-state index is 13.5. The molecule has 1 amide bonds. The number of benzene rings is 1. The number of anilines is 2. The molecule has 0 radical (unpaired) electrons. The summed E-state index contributed by atoms with van der Waals surface area (Å²) in [5.41, 5.74) is 3.12. The number of rotatable bonds is 7. The quantitative estimate of drug-likeness (QED) is 0.344. The summed E-state index contributed by atoms with van der Waals surface area (Å²) in [7, 11) is 2.07. The summed E-state index contributed by atoms with van der Waals surface area (Å²) in [4.78, 5) is 20.8. The second kappa shape index (κ2) is 10.3. The fourth-order valence-corrected chi connectivity index (χ4v) is 5.82. The zero-order chi connectivity index (χ0) is 27.1. The van der Waals surface area contributed by atoms with Crippen molar-refractivity contribution in [2.24, 2.45) is 0 Å². The molecular formula is C26H26F2N8O2S. The lowest BCUT2D eigenvalue weighted by Gasteiger charge is -2.22. The molecule has 0 bridgehead atoms. The second-order valence-corrected chi connectivity index (χ2v) is 10.5. The van der Waals surface area contributed by atoms with Gasteiger partial charge in [-0.05, 0) is 38.6 Å². The van der Waals surface area contributed by atoms with Gasteiger partial charge in [0, 0.05) is 52.6 Å². The Hall–Kier alpha value is -3.97. The lowest BCUT2D eigenvalue weighted by molar-refractivity contribution is -0.0494. The number of thioether (sulfide) groups is 1. The van der Waals surface area contributed by atoms with E-state index in [1.807, 2.05) is 0 Å². The number of likely N-dealkylation sites (tertiary alicyclic amines) is 1. The molecule has 0 unspecified atom stereocenters. The van der Waals surface area contributed by atoms with Crippen LogP contribution in [0.2, 0.25) is 0 Å². The SMILES string of the molecule is C=C1CSc2cc(-c3nn(C[C@H]4CCCN4C)cc3NC(=O)c3cnn4cccnc34)c(OC(F)F)cc2N1. The highest BCUT2D eigenvalue weighted by Crippen LogP contribution is 2.44. The average molecular weight is 553 g/mol. The Morgan fingerprint density at radius 2 is 2.26 bits per heavy atom. The molecule has 1 aromatic carbocycles. The van der Waals surface area contributed by atoms with E-state index < -0.39 is 12.5 Å². The minimum atomic E-state index is -3.04. The number of halogens is 2. The van der Waals surface area contributed by atoms with Gasteiger partial charge in [-0.15, -0.1) is 11.8 Å². The molecule has 3 aromatic heterocycles. The van der Waals surface area contributed by atoms with Gasteiger partial charge in [-0.2, -0.15) is 19.0 Å². The molecule has 2 N–H and O–H groups in total. The number of aromatic nitrogens is 5. The summed E-state index contributed by atoms with van der Waals surface area (Å²) in [5, 5.41) is 15.0.